The summed E-state index contributed by atoms with van der Waals surface area (Å²) in [6.45, 7) is 4.16. The second kappa shape index (κ2) is 8.26. The van der Waals surface area contributed by atoms with Gasteiger partial charge in [-0.1, -0.05) is 49.7 Å². The van der Waals surface area contributed by atoms with Gasteiger partial charge in [-0.25, -0.2) is 5.43 Å². The summed E-state index contributed by atoms with van der Waals surface area (Å²) < 4.78 is 0. The Kier molecular flexibility index (Phi) is 6.09. The monoisotopic (exact) mass is 343 g/mol. The SMILES string of the molecule is CC(C)c1ccc(NC(=O)C(=O)N/N=C/c2cccc(Cl)c2)cc1. The summed E-state index contributed by atoms with van der Waals surface area (Å²) in [6.07, 6.45) is 1.41. The molecule has 0 aliphatic heterocycles. The van der Waals surface area contributed by atoms with Crippen LogP contribution in [0.15, 0.2) is 53.6 Å². The predicted octanol–water partition coefficient (Wildman–Crippen LogP) is 3.55. The van der Waals surface area contributed by atoms with E-state index in [1.54, 1.807) is 36.4 Å². The number of nitrogens with one attached hydrogen (secondary N) is 2. The summed E-state index contributed by atoms with van der Waals surface area (Å²) in [5.74, 6) is -1.23. The Hall–Kier alpha value is -2.66. The van der Waals surface area contributed by atoms with E-state index in [2.05, 4.69) is 29.7 Å². The summed E-state index contributed by atoms with van der Waals surface area (Å²) in [6, 6.07) is 14.3. The number of benzene rings is 2. The van der Waals surface area contributed by atoms with Crippen LogP contribution in [-0.2, 0) is 9.59 Å². The van der Waals surface area contributed by atoms with Gasteiger partial charge in [0.2, 0.25) is 0 Å². The fourth-order valence-corrected chi connectivity index (χ4v) is 2.14. The van der Waals surface area contributed by atoms with E-state index in [0.29, 0.717) is 22.2 Å². The van der Waals surface area contributed by atoms with Crippen molar-refractivity contribution >= 4 is 35.3 Å². The molecule has 2 N–H and O–H groups in total. The first-order chi connectivity index (χ1) is 11.5. The van der Waals surface area contributed by atoms with Gasteiger partial charge in [0.25, 0.3) is 0 Å². The maximum Gasteiger partial charge on any atom is 0.329 e. The van der Waals surface area contributed by atoms with Crippen molar-refractivity contribution in [2.75, 3.05) is 5.32 Å². The lowest BCUT2D eigenvalue weighted by Crippen LogP contribution is -2.32. The molecule has 2 amide bonds. The number of hydrazone groups is 1. The summed E-state index contributed by atoms with van der Waals surface area (Å²) in [7, 11) is 0. The van der Waals surface area contributed by atoms with E-state index in [9.17, 15) is 9.59 Å². The summed E-state index contributed by atoms with van der Waals surface area (Å²) in [5.41, 5.74) is 4.60. The minimum Gasteiger partial charge on any atom is -0.318 e. The van der Waals surface area contributed by atoms with Gasteiger partial charge in [-0.05, 0) is 41.3 Å². The van der Waals surface area contributed by atoms with Crippen LogP contribution >= 0.6 is 11.6 Å². The molecule has 2 aromatic carbocycles. The molecule has 0 fully saturated rings. The number of halogens is 1. The minimum atomic E-state index is -0.846. The Morgan fingerprint density at radius 2 is 1.79 bits per heavy atom. The van der Waals surface area contributed by atoms with Gasteiger partial charge >= 0.3 is 11.8 Å². The molecule has 0 spiro atoms. The zero-order valence-corrected chi connectivity index (χ0v) is 14.2. The number of hydrogen-bond donors (Lipinski definition) is 2. The molecule has 2 rings (SSSR count). The van der Waals surface area contributed by atoms with Gasteiger partial charge < -0.3 is 5.32 Å². The van der Waals surface area contributed by atoms with Crippen molar-refractivity contribution in [1.29, 1.82) is 0 Å². The molecule has 0 atom stereocenters. The third kappa shape index (κ3) is 5.21. The normalized spacial score (nSPS) is 10.8. The largest absolute Gasteiger partial charge is 0.329 e. The zero-order chi connectivity index (χ0) is 17.5. The summed E-state index contributed by atoms with van der Waals surface area (Å²) in [4.78, 5) is 23.5. The highest BCUT2D eigenvalue weighted by Gasteiger charge is 2.12. The zero-order valence-electron chi connectivity index (χ0n) is 13.4. The first-order valence-electron chi connectivity index (χ1n) is 7.45. The first-order valence-corrected chi connectivity index (χ1v) is 7.83. The van der Waals surface area contributed by atoms with Crippen molar-refractivity contribution < 1.29 is 9.59 Å². The second-order valence-electron chi connectivity index (χ2n) is 5.48. The topological polar surface area (TPSA) is 70.6 Å². The van der Waals surface area contributed by atoms with Crippen LogP contribution in [0, 0.1) is 0 Å². The lowest BCUT2D eigenvalue weighted by atomic mass is 10.0. The van der Waals surface area contributed by atoms with Crippen LogP contribution in [0.4, 0.5) is 5.69 Å². The Balaban J connectivity index is 1.89. The number of rotatable bonds is 4. The number of carbonyl (C=O) groups is 2. The molecule has 6 heteroatoms. The van der Waals surface area contributed by atoms with E-state index in [1.807, 2.05) is 12.1 Å². The lowest BCUT2D eigenvalue weighted by Gasteiger charge is -2.07. The fraction of sp³-hybridized carbons (Fsp3) is 0.167. The third-order valence-corrected chi connectivity index (χ3v) is 3.50. The van der Waals surface area contributed by atoms with Crippen LogP contribution in [0.2, 0.25) is 5.02 Å². The maximum absolute atomic E-state index is 11.8. The average molecular weight is 344 g/mol. The number of carbonyl (C=O) groups excluding carboxylic acids is 2. The minimum absolute atomic E-state index is 0.402. The lowest BCUT2D eigenvalue weighted by molar-refractivity contribution is -0.136. The molecule has 124 valence electrons. The number of hydrogen-bond acceptors (Lipinski definition) is 3. The summed E-state index contributed by atoms with van der Waals surface area (Å²) >= 11 is 5.84. The van der Waals surface area contributed by atoms with Crippen LogP contribution in [0.25, 0.3) is 0 Å². The van der Waals surface area contributed by atoms with Crippen molar-refractivity contribution in [3.63, 3.8) is 0 Å². The van der Waals surface area contributed by atoms with Gasteiger partial charge in [0.15, 0.2) is 0 Å². The van der Waals surface area contributed by atoms with Gasteiger partial charge in [0, 0.05) is 10.7 Å². The van der Waals surface area contributed by atoms with E-state index in [4.69, 9.17) is 11.6 Å². The molecule has 5 nitrogen and oxygen atoms in total. The maximum atomic E-state index is 11.8. The van der Waals surface area contributed by atoms with Crippen molar-refractivity contribution in [2.24, 2.45) is 5.10 Å². The van der Waals surface area contributed by atoms with E-state index in [1.165, 1.54) is 6.21 Å². The second-order valence-corrected chi connectivity index (χ2v) is 5.92. The number of anilines is 1. The molecule has 24 heavy (non-hydrogen) atoms. The number of nitrogens with zero attached hydrogens (tertiary/aromatic N) is 1. The van der Waals surface area contributed by atoms with Crippen LogP contribution in [0.1, 0.15) is 30.9 Å². The van der Waals surface area contributed by atoms with Crippen LogP contribution in [0.3, 0.4) is 0 Å². The average Bonchev–Trinajstić information content (AvgIpc) is 2.55. The molecule has 0 saturated heterocycles. The van der Waals surface area contributed by atoms with E-state index < -0.39 is 11.8 Å². The predicted molar refractivity (Wildman–Crippen MR) is 96.3 cm³/mol. The highest BCUT2D eigenvalue weighted by Crippen LogP contribution is 2.17. The third-order valence-electron chi connectivity index (χ3n) is 3.27. The Morgan fingerprint density at radius 1 is 1.08 bits per heavy atom. The van der Waals surface area contributed by atoms with Gasteiger partial charge in [0.1, 0.15) is 0 Å². The molecule has 0 unspecified atom stereocenters. The molecule has 0 heterocycles. The van der Waals surface area contributed by atoms with Crippen LogP contribution in [-0.4, -0.2) is 18.0 Å². The van der Waals surface area contributed by atoms with Crippen molar-refractivity contribution in [1.82, 2.24) is 5.43 Å². The van der Waals surface area contributed by atoms with Crippen molar-refractivity contribution in [2.45, 2.75) is 19.8 Å². The first kappa shape index (κ1) is 17.7. The molecule has 0 aromatic heterocycles. The highest BCUT2D eigenvalue weighted by molar-refractivity contribution is 6.39. The van der Waals surface area contributed by atoms with E-state index >= 15 is 0 Å². The Morgan fingerprint density at radius 3 is 2.42 bits per heavy atom. The van der Waals surface area contributed by atoms with Crippen molar-refractivity contribution in [3.8, 4) is 0 Å². The molecular formula is C18H18ClN3O2. The van der Waals surface area contributed by atoms with E-state index in [-0.39, 0.29) is 0 Å². The van der Waals surface area contributed by atoms with Gasteiger partial charge in [-0.3, -0.25) is 9.59 Å². The smallest absolute Gasteiger partial charge is 0.318 e. The standard InChI is InChI=1S/C18H18ClN3O2/c1-12(2)14-6-8-16(9-7-14)21-17(23)18(24)22-20-11-13-4-3-5-15(19)10-13/h3-12H,1-2H3,(H,21,23)(H,22,24)/b20-11+. The van der Waals surface area contributed by atoms with Gasteiger partial charge in [-0.15, -0.1) is 0 Å². The Labute approximate surface area is 145 Å². The molecule has 0 aliphatic rings. The molecule has 0 aliphatic carbocycles. The molecule has 0 saturated carbocycles. The highest BCUT2D eigenvalue weighted by atomic mass is 35.5. The quantitative estimate of drug-likeness (QED) is 0.506. The molecule has 0 radical (unpaired) electrons. The van der Waals surface area contributed by atoms with Gasteiger partial charge in [-0.2, -0.15) is 5.10 Å². The number of amides is 2. The molecule has 2 aromatic rings. The van der Waals surface area contributed by atoms with Crippen LogP contribution in [0.5, 0.6) is 0 Å². The summed E-state index contributed by atoms with van der Waals surface area (Å²) in [5, 5.41) is 6.82. The van der Waals surface area contributed by atoms with Crippen LogP contribution < -0.4 is 10.7 Å². The molecular weight excluding hydrogens is 326 g/mol. The Bertz CT molecular complexity index is 755. The molecule has 0 bridgehead atoms. The van der Waals surface area contributed by atoms with Gasteiger partial charge in [0.05, 0.1) is 6.21 Å². The van der Waals surface area contributed by atoms with Crippen molar-refractivity contribution in [3.05, 3.63) is 64.7 Å². The van der Waals surface area contributed by atoms with E-state index in [0.717, 1.165) is 5.56 Å². The fourth-order valence-electron chi connectivity index (χ4n) is 1.94.